The molecule has 0 aliphatic carbocycles. The lowest BCUT2D eigenvalue weighted by molar-refractivity contribution is -0.122. The van der Waals surface area contributed by atoms with Crippen LogP contribution in [-0.4, -0.2) is 31.9 Å². The Morgan fingerprint density at radius 1 is 1.35 bits per heavy atom. The summed E-state index contributed by atoms with van der Waals surface area (Å²) >= 11 is 6.67. The third kappa shape index (κ3) is 3.38. The molecule has 1 aliphatic rings. The zero-order valence-corrected chi connectivity index (χ0v) is 14.4. The van der Waals surface area contributed by atoms with E-state index >= 15 is 0 Å². The summed E-state index contributed by atoms with van der Waals surface area (Å²) in [5.41, 5.74) is 3.15. The van der Waals surface area contributed by atoms with Gasteiger partial charge in [0.25, 0.3) is 5.91 Å². The van der Waals surface area contributed by atoms with Crippen LogP contribution >= 0.6 is 24.0 Å². The van der Waals surface area contributed by atoms with E-state index in [4.69, 9.17) is 12.2 Å². The number of allylic oxidation sites excluding steroid dienone is 1. The van der Waals surface area contributed by atoms with E-state index in [0.717, 1.165) is 23.2 Å². The summed E-state index contributed by atoms with van der Waals surface area (Å²) in [5.74, 6) is 0.0200. The average molecular weight is 343 g/mol. The van der Waals surface area contributed by atoms with Crippen molar-refractivity contribution in [1.29, 1.82) is 0 Å². The lowest BCUT2D eigenvalue weighted by atomic mass is 10.1. The zero-order chi connectivity index (χ0) is 16.2. The van der Waals surface area contributed by atoms with E-state index in [2.05, 4.69) is 10.2 Å². The molecule has 0 bridgehead atoms. The van der Waals surface area contributed by atoms with Gasteiger partial charge in [0.05, 0.1) is 16.8 Å². The van der Waals surface area contributed by atoms with E-state index in [0.29, 0.717) is 22.2 Å². The highest BCUT2D eigenvalue weighted by atomic mass is 32.2. The average Bonchev–Trinajstić information content (AvgIpc) is 3.14. The standard InChI is InChI=1S/C17H17N3OS2/c1-2-10-20-16(21)14(23-17(20)22)9-8-13-11-18-19-15(13)12-6-4-3-5-7-12/h3-7,9,11H,2,8,10H2,1H3,(H,18,19)/b14-9-. The molecule has 118 valence electrons. The highest BCUT2D eigenvalue weighted by Crippen LogP contribution is 2.32. The smallest absolute Gasteiger partial charge is 0.265 e. The van der Waals surface area contributed by atoms with Crippen LogP contribution in [0.25, 0.3) is 11.3 Å². The molecule has 1 saturated heterocycles. The third-order valence-corrected chi connectivity index (χ3v) is 5.04. The van der Waals surface area contributed by atoms with E-state index < -0.39 is 0 Å². The first kappa shape index (κ1) is 16.0. The van der Waals surface area contributed by atoms with Crippen LogP contribution in [0.2, 0.25) is 0 Å². The maximum absolute atomic E-state index is 12.3. The highest BCUT2D eigenvalue weighted by molar-refractivity contribution is 8.26. The Hall–Kier alpha value is -1.92. The van der Waals surface area contributed by atoms with Crippen molar-refractivity contribution in [2.75, 3.05) is 6.54 Å². The summed E-state index contributed by atoms with van der Waals surface area (Å²) in [6, 6.07) is 10.1. The molecule has 0 unspecified atom stereocenters. The monoisotopic (exact) mass is 343 g/mol. The van der Waals surface area contributed by atoms with Gasteiger partial charge >= 0.3 is 0 Å². The predicted molar refractivity (Wildman–Crippen MR) is 98.0 cm³/mol. The Kier molecular flexibility index (Phi) is 4.93. The van der Waals surface area contributed by atoms with Gasteiger partial charge < -0.3 is 0 Å². The second-order valence-electron chi connectivity index (χ2n) is 5.23. The molecule has 1 amide bonds. The zero-order valence-electron chi connectivity index (χ0n) is 12.8. The number of carbonyl (C=O) groups excluding carboxylic acids is 1. The molecule has 3 rings (SSSR count). The first-order valence-electron chi connectivity index (χ1n) is 7.52. The summed E-state index contributed by atoms with van der Waals surface area (Å²) in [5, 5.41) is 7.18. The van der Waals surface area contributed by atoms with Gasteiger partial charge in [0.1, 0.15) is 4.32 Å². The number of aromatic nitrogens is 2. The molecule has 6 heteroatoms. The van der Waals surface area contributed by atoms with Crippen molar-refractivity contribution in [2.24, 2.45) is 0 Å². The normalized spacial score (nSPS) is 16.6. The summed E-state index contributed by atoms with van der Waals surface area (Å²) < 4.78 is 0.651. The third-order valence-electron chi connectivity index (χ3n) is 3.61. The molecule has 4 nitrogen and oxygen atoms in total. The fourth-order valence-corrected chi connectivity index (χ4v) is 3.76. The summed E-state index contributed by atoms with van der Waals surface area (Å²) in [4.78, 5) is 14.7. The summed E-state index contributed by atoms with van der Waals surface area (Å²) in [7, 11) is 0. The second-order valence-corrected chi connectivity index (χ2v) is 6.91. The molecule has 23 heavy (non-hydrogen) atoms. The molecule has 0 atom stereocenters. The van der Waals surface area contributed by atoms with Crippen molar-refractivity contribution in [3.8, 4) is 11.3 Å². The minimum absolute atomic E-state index is 0.0200. The van der Waals surface area contributed by atoms with Crippen LogP contribution in [0.15, 0.2) is 47.5 Å². The van der Waals surface area contributed by atoms with Gasteiger partial charge in [-0.3, -0.25) is 14.8 Å². The highest BCUT2D eigenvalue weighted by Gasteiger charge is 2.30. The molecule has 1 fully saturated rings. The van der Waals surface area contributed by atoms with Gasteiger partial charge in [0, 0.05) is 12.1 Å². The molecule has 2 heterocycles. The second kappa shape index (κ2) is 7.10. The maximum Gasteiger partial charge on any atom is 0.265 e. The molecule has 1 N–H and O–H groups in total. The summed E-state index contributed by atoms with van der Waals surface area (Å²) in [6.45, 7) is 2.73. The lowest BCUT2D eigenvalue weighted by Crippen LogP contribution is -2.28. The molecule has 1 aromatic heterocycles. The minimum atomic E-state index is 0.0200. The maximum atomic E-state index is 12.3. The SMILES string of the molecule is CCCN1C(=O)/C(=C/Cc2cn[nH]c2-c2ccccc2)SC1=S. The van der Waals surface area contributed by atoms with Crippen molar-refractivity contribution in [3.63, 3.8) is 0 Å². The first-order chi connectivity index (χ1) is 11.2. The van der Waals surface area contributed by atoms with Crippen LogP contribution in [0.3, 0.4) is 0 Å². The Morgan fingerprint density at radius 3 is 2.87 bits per heavy atom. The molecule has 1 aliphatic heterocycles. The van der Waals surface area contributed by atoms with Gasteiger partial charge in [-0.15, -0.1) is 0 Å². The number of H-pyrrole nitrogens is 1. The van der Waals surface area contributed by atoms with Crippen LogP contribution in [0.1, 0.15) is 18.9 Å². The molecular weight excluding hydrogens is 326 g/mol. The molecule has 0 saturated carbocycles. The number of amides is 1. The van der Waals surface area contributed by atoms with Gasteiger partial charge in [-0.2, -0.15) is 5.10 Å². The van der Waals surface area contributed by atoms with Crippen molar-refractivity contribution in [1.82, 2.24) is 15.1 Å². The molecular formula is C17H17N3OS2. The van der Waals surface area contributed by atoms with Crippen LogP contribution < -0.4 is 0 Å². The van der Waals surface area contributed by atoms with Gasteiger partial charge in [-0.05, 0) is 18.4 Å². The van der Waals surface area contributed by atoms with Gasteiger partial charge in [0.2, 0.25) is 0 Å². The van der Waals surface area contributed by atoms with Gasteiger partial charge in [-0.25, -0.2) is 0 Å². The van der Waals surface area contributed by atoms with Crippen molar-refractivity contribution in [2.45, 2.75) is 19.8 Å². The Morgan fingerprint density at radius 2 is 2.13 bits per heavy atom. The lowest BCUT2D eigenvalue weighted by Gasteiger charge is -2.11. The number of thioether (sulfide) groups is 1. The number of nitrogens with zero attached hydrogens (tertiary/aromatic N) is 2. The largest absolute Gasteiger partial charge is 0.293 e. The van der Waals surface area contributed by atoms with Crippen LogP contribution in [-0.2, 0) is 11.2 Å². The topological polar surface area (TPSA) is 49.0 Å². The Balaban J connectivity index is 1.78. The number of nitrogens with one attached hydrogen (secondary N) is 1. The minimum Gasteiger partial charge on any atom is -0.293 e. The van der Waals surface area contributed by atoms with Crippen LogP contribution in [0.4, 0.5) is 0 Å². The number of thiocarbonyl (C=S) groups is 1. The van der Waals surface area contributed by atoms with Gasteiger partial charge in [0.15, 0.2) is 0 Å². The molecule has 2 aromatic rings. The first-order valence-corrected chi connectivity index (χ1v) is 8.74. The number of hydrogen-bond donors (Lipinski definition) is 1. The molecule has 0 radical (unpaired) electrons. The van der Waals surface area contributed by atoms with E-state index in [1.54, 1.807) is 4.90 Å². The van der Waals surface area contributed by atoms with E-state index in [1.807, 2.05) is 49.5 Å². The fraction of sp³-hybridized carbons (Fsp3) is 0.235. The fourth-order valence-electron chi connectivity index (χ4n) is 2.48. The summed E-state index contributed by atoms with van der Waals surface area (Å²) in [6.07, 6.45) is 5.31. The number of rotatable bonds is 5. The number of aromatic amines is 1. The van der Waals surface area contributed by atoms with Gasteiger partial charge in [-0.1, -0.05) is 67.3 Å². The van der Waals surface area contributed by atoms with Crippen molar-refractivity contribution in [3.05, 3.63) is 53.1 Å². The number of carbonyl (C=O) groups is 1. The quantitative estimate of drug-likeness (QED) is 0.663. The predicted octanol–water partition coefficient (Wildman–Crippen LogP) is 3.77. The van der Waals surface area contributed by atoms with E-state index in [1.165, 1.54) is 11.8 Å². The molecule has 1 aromatic carbocycles. The van der Waals surface area contributed by atoms with E-state index in [-0.39, 0.29) is 5.91 Å². The number of benzene rings is 1. The van der Waals surface area contributed by atoms with E-state index in [9.17, 15) is 4.79 Å². The van der Waals surface area contributed by atoms with Crippen molar-refractivity contribution < 1.29 is 4.79 Å². The van der Waals surface area contributed by atoms with Crippen LogP contribution in [0, 0.1) is 0 Å². The Bertz CT molecular complexity index is 752. The molecule has 0 spiro atoms. The number of hydrogen-bond acceptors (Lipinski definition) is 4. The van der Waals surface area contributed by atoms with Crippen LogP contribution in [0.5, 0.6) is 0 Å². The Labute approximate surface area is 145 Å². The van der Waals surface area contributed by atoms with Crippen molar-refractivity contribution >= 4 is 34.2 Å².